The maximum atomic E-state index is 11.8. The third-order valence-electron chi connectivity index (χ3n) is 6.32. The van der Waals surface area contributed by atoms with E-state index in [4.69, 9.17) is 9.57 Å². The molecule has 4 heteroatoms. The van der Waals surface area contributed by atoms with Gasteiger partial charge in [-0.05, 0) is 68.2 Å². The first-order valence-electron chi connectivity index (χ1n) is 9.06. The van der Waals surface area contributed by atoms with Crippen LogP contribution in [-0.2, 0) is 21.5 Å². The highest BCUT2D eigenvalue weighted by Crippen LogP contribution is 2.57. The van der Waals surface area contributed by atoms with Crippen LogP contribution < -0.4 is 4.74 Å². The largest absolute Gasteiger partial charge is 0.497 e. The van der Waals surface area contributed by atoms with Crippen LogP contribution in [0.3, 0.4) is 0 Å². The minimum absolute atomic E-state index is 0.166. The van der Waals surface area contributed by atoms with Gasteiger partial charge in [-0.25, -0.2) is 4.79 Å². The molecule has 1 aliphatic heterocycles. The van der Waals surface area contributed by atoms with Gasteiger partial charge in [-0.1, -0.05) is 6.07 Å². The molecule has 0 spiro atoms. The van der Waals surface area contributed by atoms with E-state index < -0.39 is 0 Å². The molecule has 0 radical (unpaired) electrons. The van der Waals surface area contributed by atoms with Gasteiger partial charge in [0.2, 0.25) is 0 Å². The van der Waals surface area contributed by atoms with Gasteiger partial charge in [0.1, 0.15) is 11.7 Å². The lowest BCUT2D eigenvalue weighted by molar-refractivity contribution is -0.222. The normalized spacial score (nSPS) is 31.8. The van der Waals surface area contributed by atoms with Crippen molar-refractivity contribution in [2.75, 3.05) is 20.3 Å². The van der Waals surface area contributed by atoms with Crippen molar-refractivity contribution in [2.45, 2.75) is 50.5 Å². The lowest BCUT2D eigenvalue weighted by Gasteiger charge is -2.58. The number of nitrogens with zero attached hydrogens (tertiary/aromatic N) is 1. The number of benzene rings is 1. The Morgan fingerprint density at radius 3 is 3.04 bits per heavy atom. The lowest BCUT2D eigenvalue weighted by Crippen LogP contribution is -2.61. The molecule has 2 aliphatic carbocycles. The lowest BCUT2D eigenvalue weighted by atomic mass is 9.51. The van der Waals surface area contributed by atoms with Crippen LogP contribution >= 0.6 is 0 Å². The van der Waals surface area contributed by atoms with Gasteiger partial charge in [-0.3, -0.25) is 4.84 Å². The number of carbonyl (C=O) groups excluding carboxylic acids is 1. The summed E-state index contributed by atoms with van der Waals surface area (Å²) in [7, 11) is 1.71. The number of ether oxygens (including phenoxy) is 1. The van der Waals surface area contributed by atoms with E-state index in [2.05, 4.69) is 23.1 Å². The summed E-state index contributed by atoms with van der Waals surface area (Å²) in [5.74, 6) is 3.65. The monoisotopic (exact) mass is 327 g/mol. The molecule has 0 amide bonds. The second kappa shape index (κ2) is 6.03. The molecule has 24 heavy (non-hydrogen) atoms. The fourth-order valence-corrected chi connectivity index (χ4v) is 5.41. The fourth-order valence-electron chi connectivity index (χ4n) is 5.41. The maximum absolute atomic E-state index is 11.8. The van der Waals surface area contributed by atoms with Gasteiger partial charge in [0.15, 0.2) is 0 Å². The van der Waals surface area contributed by atoms with Crippen molar-refractivity contribution >= 4 is 5.94 Å². The molecular weight excluding hydrogens is 302 g/mol. The van der Waals surface area contributed by atoms with Crippen molar-refractivity contribution in [3.8, 4) is 5.75 Å². The van der Waals surface area contributed by atoms with E-state index >= 15 is 0 Å². The zero-order chi connectivity index (χ0) is 16.7. The Labute approximate surface area is 143 Å². The van der Waals surface area contributed by atoms with E-state index in [1.165, 1.54) is 11.1 Å². The van der Waals surface area contributed by atoms with Crippen LogP contribution in [0.5, 0.6) is 5.75 Å². The van der Waals surface area contributed by atoms with Gasteiger partial charge in [-0.15, -0.1) is 0 Å². The van der Waals surface area contributed by atoms with Crippen molar-refractivity contribution in [2.24, 2.45) is 5.92 Å². The van der Waals surface area contributed by atoms with Crippen LogP contribution in [0.15, 0.2) is 23.8 Å². The van der Waals surface area contributed by atoms with Crippen LogP contribution in [0.1, 0.15) is 43.7 Å². The number of piperidine rings is 1. The average molecular weight is 327 g/mol. The smallest absolute Gasteiger partial charge is 0.124 e. The third-order valence-corrected chi connectivity index (χ3v) is 6.32. The summed E-state index contributed by atoms with van der Waals surface area (Å²) in [6.45, 7) is 3.61. The van der Waals surface area contributed by atoms with E-state index in [0.29, 0.717) is 18.6 Å². The van der Waals surface area contributed by atoms with Gasteiger partial charge in [0, 0.05) is 23.6 Å². The Kier molecular flexibility index (Phi) is 4.00. The molecule has 3 aliphatic rings. The molecule has 0 aromatic heterocycles. The Morgan fingerprint density at radius 1 is 1.42 bits per heavy atom. The average Bonchev–Trinajstić information content (AvgIpc) is 2.63. The van der Waals surface area contributed by atoms with Crippen LogP contribution in [0.4, 0.5) is 0 Å². The number of allylic oxidation sites excluding steroid dienone is 1. The molecule has 0 N–H and O–H groups in total. The van der Waals surface area contributed by atoms with Crippen molar-refractivity contribution in [1.29, 1.82) is 0 Å². The van der Waals surface area contributed by atoms with Crippen molar-refractivity contribution in [1.82, 2.24) is 5.06 Å². The zero-order valence-corrected chi connectivity index (χ0v) is 14.5. The molecule has 2 bridgehead atoms. The first kappa shape index (κ1) is 15.9. The molecule has 128 valence electrons. The number of hydroxylamine groups is 2. The predicted molar refractivity (Wildman–Crippen MR) is 91.7 cm³/mol. The summed E-state index contributed by atoms with van der Waals surface area (Å²) in [6, 6.07) is 6.72. The molecule has 4 nitrogen and oxygen atoms in total. The van der Waals surface area contributed by atoms with E-state index in [9.17, 15) is 4.79 Å². The number of hydrogen-bond donors (Lipinski definition) is 0. The molecule has 4 rings (SSSR count). The summed E-state index contributed by atoms with van der Waals surface area (Å²) < 4.78 is 5.48. The Hall–Kier alpha value is -1.61. The molecular formula is C20H25NO3. The van der Waals surface area contributed by atoms with Gasteiger partial charge < -0.3 is 4.74 Å². The van der Waals surface area contributed by atoms with Crippen LogP contribution in [-0.4, -0.2) is 37.3 Å². The second-order valence-electron chi connectivity index (χ2n) is 7.15. The Bertz CT molecular complexity index is 694. The summed E-state index contributed by atoms with van der Waals surface area (Å²) >= 11 is 0. The predicted octanol–water partition coefficient (Wildman–Crippen LogP) is 3.07. The van der Waals surface area contributed by atoms with E-state index in [1.54, 1.807) is 7.11 Å². The molecule has 3 atom stereocenters. The van der Waals surface area contributed by atoms with E-state index in [0.717, 1.165) is 50.0 Å². The molecule has 1 heterocycles. The van der Waals surface area contributed by atoms with Gasteiger partial charge in [0.25, 0.3) is 0 Å². The molecule has 1 aromatic carbocycles. The molecule has 0 unspecified atom stereocenters. The van der Waals surface area contributed by atoms with Gasteiger partial charge in [0.05, 0.1) is 13.7 Å². The van der Waals surface area contributed by atoms with Crippen LogP contribution in [0, 0.1) is 5.92 Å². The van der Waals surface area contributed by atoms with E-state index in [-0.39, 0.29) is 5.41 Å². The number of methoxy groups -OCH3 is 1. The molecule has 2 fully saturated rings. The number of fused-ring (bicyclic) bond motifs is 1. The Balaban J connectivity index is 1.90. The topological polar surface area (TPSA) is 38.8 Å². The van der Waals surface area contributed by atoms with Crippen molar-refractivity contribution in [3.05, 3.63) is 34.9 Å². The van der Waals surface area contributed by atoms with Crippen molar-refractivity contribution in [3.63, 3.8) is 0 Å². The minimum atomic E-state index is -0.166. The van der Waals surface area contributed by atoms with Crippen LogP contribution in [0.25, 0.3) is 0 Å². The summed E-state index contributed by atoms with van der Waals surface area (Å²) in [5.41, 5.74) is 3.43. The molecule has 1 aromatic rings. The molecule has 1 saturated carbocycles. The quantitative estimate of drug-likeness (QED) is 0.800. The first-order chi connectivity index (χ1) is 11.7. The van der Waals surface area contributed by atoms with Crippen LogP contribution in [0.2, 0.25) is 0 Å². The zero-order valence-electron chi connectivity index (χ0n) is 14.5. The SMILES string of the molecule is CCON1CC[C@]23C(=C=O)CCC[C@H]2[C@H]1Cc1ccc(OC)cc13. The highest BCUT2D eigenvalue weighted by Gasteiger charge is 2.57. The second-order valence-corrected chi connectivity index (χ2v) is 7.15. The summed E-state index contributed by atoms with van der Waals surface area (Å²) in [5, 5.41) is 2.18. The summed E-state index contributed by atoms with van der Waals surface area (Å²) in [6.07, 6.45) is 5.01. The number of rotatable bonds is 3. The highest BCUT2D eigenvalue weighted by atomic mass is 16.7. The van der Waals surface area contributed by atoms with Crippen molar-refractivity contribution < 1.29 is 14.4 Å². The van der Waals surface area contributed by atoms with E-state index in [1.807, 2.05) is 13.0 Å². The standard InChI is InChI=1S/C20H25NO3/c1-3-24-21-10-9-20-15(13-22)5-4-6-17(20)19(21)11-14-7-8-16(23-2)12-18(14)20/h7-8,12,17,19H,3-6,9-11H2,1-2H3/t17-,19+,20-/m0/s1. The van der Waals surface area contributed by atoms with Gasteiger partial charge in [-0.2, -0.15) is 5.06 Å². The summed E-state index contributed by atoms with van der Waals surface area (Å²) in [4.78, 5) is 17.8. The fraction of sp³-hybridized carbons (Fsp3) is 0.600. The minimum Gasteiger partial charge on any atom is -0.497 e. The maximum Gasteiger partial charge on any atom is 0.124 e. The number of hydrogen-bond acceptors (Lipinski definition) is 4. The molecule has 1 saturated heterocycles. The van der Waals surface area contributed by atoms with Gasteiger partial charge >= 0.3 is 0 Å². The first-order valence-corrected chi connectivity index (χ1v) is 9.06. The third kappa shape index (κ3) is 2.10. The Morgan fingerprint density at radius 2 is 2.29 bits per heavy atom. The highest BCUT2D eigenvalue weighted by molar-refractivity contribution is 5.63.